The molecule has 2 aliphatic heterocycles. The van der Waals surface area contributed by atoms with Gasteiger partial charge in [0.1, 0.15) is 0 Å². The summed E-state index contributed by atoms with van der Waals surface area (Å²) < 4.78 is 0. The van der Waals surface area contributed by atoms with Crippen molar-refractivity contribution in [1.29, 1.82) is 0 Å². The Kier molecular flexibility index (Phi) is 3.99. The number of nitrogens with one attached hydrogen (secondary N) is 1. The summed E-state index contributed by atoms with van der Waals surface area (Å²) in [4.78, 5) is 12.1. The number of nitrogens with zero attached hydrogens (tertiary/aromatic N) is 2. The topological polar surface area (TPSA) is 44.7 Å². The summed E-state index contributed by atoms with van der Waals surface area (Å²) in [6.45, 7) is 2.25. The van der Waals surface area contributed by atoms with Crippen molar-refractivity contribution in [2.24, 2.45) is 11.0 Å². The van der Waals surface area contributed by atoms with E-state index in [4.69, 9.17) is 0 Å². The van der Waals surface area contributed by atoms with Crippen LogP contribution in [-0.4, -0.2) is 29.7 Å². The van der Waals surface area contributed by atoms with Gasteiger partial charge in [-0.1, -0.05) is 30.3 Å². The molecule has 3 rings (SSSR count). The minimum atomic E-state index is -0.0209. The normalized spacial score (nSPS) is 22.2. The highest BCUT2D eigenvalue weighted by atomic mass is 35.5. The van der Waals surface area contributed by atoms with Gasteiger partial charge in [-0.2, -0.15) is 5.10 Å². The van der Waals surface area contributed by atoms with Gasteiger partial charge in [0, 0.05) is 19.5 Å². The number of rotatable bonds is 2. The Morgan fingerprint density at radius 3 is 2.83 bits per heavy atom. The van der Waals surface area contributed by atoms with Gasteiger partial charge in [0.15, 0.2) is 0 Å². The summed E-state index contributed by atoms with van der Waals surface area (Å²) >= 11 is 0. The summed E-state index contributed by atoms with van der Waals surface area (Å²) in [5.74, 6) is 0.114. The van der Waals surface area contributed by atoms with Gasteiger partial charge < -0.3 is 5.32 Å². The Bertz CT molecular complexity index is 461. The molecule has 0 saturated carbocycles. The molecule has 0 spiro atoms. The molecule has 1 aromatic rings. The highest BCUT2D eigenvalue weighted by molar-refractivity contribution is 6.08. The third kappa shape index (κ3) is 2.40. The van der Waals surface area contributed by atoms with Crippen molar-refractivity contribution in [2.45, 2.75) is 13.0 Å². The van der Waals surface area contributed by atoms with E-state index in [1.54, 1.807) is 5.01 Å². The van der Waals surface area contributed by atoms with Crippen LogP contribution in [0, 0.1) is 5.92 Å². The van der Waals surface area contributed by atoms with Crippen molar-refractivity contribution in [3.63, 3.8) is 0 Å². The van der Waals surface area contributed by atoms with Gasteiger partial charge >= 0.3 is 0 Å². The molecule has 0 aliphatic carbocycles. The third-order valence-electron chi connectivity index (χ3n) is 3.29. The second-order valence-corrected chi connectivity index (χ2v) is 4.48. The molecule has 1 unspecified atom stereocenters. The predicted molar refractivity (Wildman–Crippen MR) is 72.7 cm³/mol. The highest BCUT2D eigenvalue weighted by Crippen LogP contribution is 2.21. The molecule has 4 nitrogen and oxygen atoms in total. The Labute approximate surface area is 112 Å². The van der Waals surface area contributed by atoms with Crippen LogP contribution in [0.1, 0.15) is 12.0 Å². The smallest absolute Gasteiger partial charge is 0.253 e. The van der Waals surface area contributed by atoms with Crippen LogP contribution in [0.15, 0.2) is 35.4 Å². The van der Waals surface area contributed by atoms with Gasteiger partial charge in [-0.15, -0.1) is 12.4 Å². The molecule has 1 atom stereocenters. The fraction of sp³-hybridized carbons (Fsp3) is 0.385. The van der Waals surface area contributed by atoms with Gasteiger partial charge in [-0.05, 0) is 5.56 Å². The van der Waals surface area contributed by atoms with Crippen LogP contribution in [0.2, 0.25) is 0 Å². The molecule has 0 aromatic heterocycles. The van der Waals surface area contributed by atoms with Gasteiger partial charge in [0.05, 0.1) is 18.2 Å². The number of fused-ring (bicyclic) bond motifs is 1. The molecular formula is C13H16ClN3O. The first-order chi connectivity index (χ1) is 8.34. The van der Waals surface area contributed by atoms with E-state index in [2.05, 4.69) is 10.4 Å². The average Bonchev–Trinajstić information content (AvgIpc) is 2.68. The zero-order valence-corrected chi connectivity index (χ0v) is 10.8. The molecule has 0 bridgehead atoms. The lowest BCUT2D eigenvalue weighted by atomic mass is 9.97. The molecule has 1 aromatic carbocycles. The molecule has 1 fully saturated rings. The van der Waals surface area contributed by atoms with E-state index >= 15 is 0 Å². The standard InChI is InChI=1S/C13H15N3O.ClH/c17-13-11-8-14-7-6-12(11)15-16(13)9-10-4-2-1-3-5-10;/h1-5,11,14H,6-9H2;1H. The molecule has 18 heavy (non-hydrogen) atoms. The van der Waals surface area contributed by atoms with Crippen LogP contribution in [-0.2, 0) is 11.3 Å². The first-order valence-electron chi connectivity index (χ1n) is 5.98. The van der Waals surface area contributed by atoms with Crippen LogP contribution >= 0.6 is 12.4 Å². The zero-order valence-electron chi connectivity index (χ0n) is 10.0. The second-order valence-electron chi connectivity index (χ2n) is 4.48. The summed E-state index contributed by atoms with van der Waals surface area (Å²) in [5.41, 5.74) is 2.17. The predicted octanol–water partition coefficient (Wildman–Crippen LogP) is 1.42. The molecular weight excluding hydrogens is 250 g/mol. The van der Waals surface area contributed by atoms with Crippen molar-refractivity contribution < 1.29 is 4.79 Å². The van der Waals surface area contributed by atoms with Crippen molar-refractivity contribution in [3.8, 4) is 0 Å². The van der Waals surface area contributed by atoms with E-state index in [1.165, 1.54) is 0 Å². The Morgan fingerprint density at radius 2 is 2.11 bits per heavy atom. The van der Waals surface area contributed by atoms with E-state index in [0.29, 0.717) is 6.54 Å². The molecule has 1 saturated heterocycles. The molecule has 0 radical (unpaired) electrons. The lowest BCUT2D eigenvalue weighted by molar-refractivity contribution is -0.132. The second kappa shape index (κ2) is 5.50. The summed E-state index contributed by atoms with van der Waals surface area (Å²) in [5, 5.41) is 9.30. The van der Waals surface area contributed by atoms with Gasteiger partial charge in [0.2, 0.25) is 0 Å². The highest BCUT2D eigenvalue weighted by Gasteiger charge is 2.36. The lowest BCUT2D eigenvalue weighted by Gasteiger charge is -2.18. The molecule has 5 heteroatoms. The van der Waals surface area contributed by atoms with Crippen LogP contribution in [0.25, 0.3) is 0 Å². The third-order valence-corrected chi connectivity index (χ3v) is 3.29. The monoisotopic (exact) mass is 265 g/mol. The first-order valence-corrected chi connectivity index (χ1v) is 5.98. The number of carbonyl (C=O) groups excluding carboxylic acids is 1. The maximum absolute atomic E-state index is 12.1. The number of amides is 1. The number of hydrogen-bond acceptors (Lipinski definition) is 3. The summed E-state index contributed by atoms with van der Waals surface area (Å²) in [6.07, 6.45) is 0.891. The van der Waals surface area contributed by atoms with Gasteiger partial charge in [0.25, 0.3) is 5.91 Å². The van der Waals surface area contributed by atoms with E-state index in [-0.39, 0.29) is 24.2 Å². The van der Waals surface area contributed by atoms with Gasteiger partial charge in [-0.25, -0.2) is 5.01 Å². The molecule has 2 heterocycles. The van der Waals surface area contributed by atoms with E-state index in [1.807, 2.05) is 30.3 Å². The Hall–Kier alpha value is -1.39. The molecule has 1 N–H and O–H groups in total. The first kappa shape index (κ1) is 13.1. The van der Waals surface area contributed by atoms with Crippen LogP contribution in [0.3, 0.4) is 0 Å². The number of halogens is 1. The maximum Gasteiger partial charge on any atom is 0.253 e. The van der Waals surface area contributed by atoms with Crippen LogP contribution in [0.4, 0.5) is 0 Å². The fourth-order valence-corrected chi connectivity index (χ4v) is 2.36. The summed E-state index contributed by atoms with van der Waals surface area (Å²) in [6, 6.07) is 9.99. The molecule has 1 amide bonds. The largest absolute Gasteiger partial charge is 0.315 e. The van der Waals surface area contributed by atoms with Crippen LogP contribution < -0.4 is 5.32 Å². The van der Waals surface area contributed by atoms with Crippen LogP contribution in [0.5, 0.6) is 0 Å². The number of piperidine rings is 1. The minimum Gasteiger partial charge on any atom is -0.315 e. The number of carbonyl (C=O) groups is 1. The minimum absolute atomic E-state index is 0. The molecule has 2 aliphatic rings. The maximum atomic E-state index is 12.1. The van der Waals surface area contributed by atoms with Crippen molar-refractivity contribution in [3.05, 3.63) is 35.9 Å². The van der Waals surface area contributed by atoms with E-state index < -0.39 is 0 Å². The quantitative estimate of drug-likeness (QED) is 0.879. The Balaban J connectivity index is 0.00000120. The average molecular weight is 266 g/mol. The van der Waals surface area contributed by atoms with Crippen molar-refractivity contribution in [2.75, 3.05) is 13.1 Å². The molecule has 96 valence electrons. The van der Waals surface area contributed by atoms with E-state index in [9.17, 15) is 4.79 Å². The lowest BCUT2D eigenvalue weighted by Crippen LogP contribution is -2.40. The fourth-order valence-electron chi connectivity index (χ4n) is 2.36. The van der Waals surface area contributed by atoms with E-state index in [0.717, 1.165) is 30.8 Å². The number of hydrogen-bond donors (Lipinski definition) is 1. The SMILES string of the molecule is Cl.O=C1C2CNCCC2=NN1Cc1ccccc1. The summed E-state index contributed by atoms with van der Waals surface area (Å²) in [7, 11) is 0. The van der Waals surface area contributed by atoms with Crippen molar-refractivity contribution >= 4 is 24.0 Å². The Morgan fingerprint density at radius 1 is 1.33 bits per heavy atom. The number of hydrazone groups is 1. The van der Waals surface area contributed by atoms with Gasteiger partial charge in [-0.3, -0.25) is 4.79 Å². The number of benzene rings is 1. The van der Waals surface area contributed by atoms with Crippen molar-refractivity contribution in [1.82, 2.24) is 10.3 Å². The zero-order chi connectivity index (χ0) is 11.7.